The number of para-hydroxylation sites is 1. The van der Waals surface area contributed by atoms with Crippen LogP contribution in [0.3, 0.4) is 0 Å². The lowest BCUT2D eigenvalue weighted by Crippen LogP contribution is -2.62. The quantitative estimate of drug-likeness (QED) is 0.781. The Morgan fingerprint density at radius 2 is 1.71 bits per heavy atom. The maximum atomic E-state index is 12.2. The number of piperidine rings is 1. The van der Waals surface area contributed by atoms with Crippen LogP contribution in [0.15, 0.2) is 24.3 Å². The first-order chi connectivity index (χ1) is 9.67. The molecule has 0 atom stereocenters. The van der Waals surface area contributed by atoms with Crippen molar-refractivity contribution in [2.75, 3.05) is 5.32 Å². The highest BCUT2D eigenvalue weighted by atomic mass is 16.2. The third-order valence-corrected chi connectivity index (χ3v) is 3.92. The second-order valence-electron chi connectivity index (χ2n) is 7.41. The van der Waals surface area contributed by atoms with E-state index >= 15 is 0 Å². The fourth-order valence-electron chi connectivity index (χ4n) is 3.48. The molecule has 0 radical (unpaired) electrons. The van der Waals surface area contributed by atoms with E-state index in [9.17, 15) is 4.79 Å². The van der Waals surface area contributed by atoms with E-state index in [1.807, 2.05) is 31.2 Å². The molecule has 2 rings (SSSR count). The number of rotatable bonds is 2. The van der Waals surface area contributed by atoms with E-state index in [1.54, 1.807) is 0 Å². The van der Waals surface area contributed by atoms with Crippen LogP contribution >= 0.6 is 0 Å². The Balaban J connectivity index is 1.98. The molecule has 1 aromatic rings. The van der Waals surface area contributed by atoms with Crippen LogP contribution in [0.5, 0.6) is 0 Å². The van der Waals surface area contributed by atoms with Gasteiger partial charge < -0.3 is 16.0 Å². The summed E-state index contributed by atoms with van der Waals surface area (Å²) in [5.74, 6) is 0. The fraction of sp³-hybridized carbons (Fsp3) is 0.588. The highest BCUT2D eigenvalue weighted by molar-refractivity contribution is 5.90. The molecule has 1 aliphatic rings. The van der Waals surface area contributed by atoms with Gasteiger partial charge in [0, 0.05) is 22.8 Å². The molecule has 1 saturated heterocycles. The zero-order valence-corrected chi connectivity index (χ0v) is 13.7. The molecule has 0 aromatic heterocycles. The fourth-order valence-corrected chi connectivity index (χ4v) is 3.48. The number of anilines is 1. The van der Waals surface area contributed by atoms with Gasteiger partial charge in [0.2, 0.25) is 0 Å². The average Bonchev–Trinajstić information content (AvgIpc) is 2.27. The van der Waals surface area contributed by atoms with E-state index in [2.05, 4.69) is 43.6 Å². The van der Waals surface area contributed by atoms with Gasteiger partial charge in [-0.3, -0.25) is 0 Å². The van der Waals surface area contributed by atoms with Crippen molar-refractivity contribution in [3.8, 4) is 0 Å². The molecule has 1 heterocycles. The number of urea groups is 1. The van der Waals surface area contributed by atoms with Gasteiger partial charge in [-0.2, -0.15) is 0 Å². The van der Waals surface area contributed by atoms with Crippen molar-refractivity contribution >= 4 is 11.7 Å². The van der Waals surface area contributed by atoms with Gasteiger partial charge in [-0.15, -0.1) is 0 Å². The normalized spacial score (nSPS) is 20.8. The third-order valence-electron chi connectivity index (χ3n) is 3.92. The number of nitrogens with one attached hydrogen (secondary N) is 3. The summed E-state index contributed by atoms with van der Waals surface area (Å²) in [7, 11) is 0. The van der Waals surface area contributed by atoms with Crippen LogP contribution in [-0.2, 0) is 0 Å². The Bertz CT molecular complexity index is 507. The molecule has 2 amide bonds. The van der Waals surface area contributed by atoms with Crippen molar-refractivity contribution < 1.29 is 4.79 Å². The van der Waals surface area contributed by atoms with Crippen molar-refractivity contribution in [1.29, 1.82) is 0 Å². The monoisotopic (exact) mass is 289 g/mol. The maximum absolute atomic E-state index is 12.2. The van der Waals surface area contributed by atoms with Crippen molar-refractivity contribution in [2.45, 2.75) is 64.6 Å². The Morgan fingerprint density at radius 3 is 2.29 bits per heavy atom. The minimum Gasteiger partial charge on any atom is -0.335 e. The summed E-state index contributed by atoms with van der Waals surface area (Å²) in [5, 5.41) is 9.68. The Kier molecular flexibility index (Phi) is 4.28. The number of carbonyl (C=O) groups is 1. The van der Waals surface area contributed by atoms with Gasteiger partial charge >= 0.3 is 6.03 Å². The van der Waals surface area contributed by atoms with Gasteiger partial charge in [0.1, 0.15) is 0 Å². The Labute approximate surface area is 127 Å². The van der Waals surface area contributed by atoms with Crippen LogP contribution in [0, 0.1) is 6.92 Å². The van der Waals surface area contributed by atoms with Gasteiger partial charge in [0.05, 0.1) is 0 Å². The summed E-state index contributed by atoms with van der Waals surface area (Å²) in [6.45, 7) is 10.7. The van der Waals surface area contributed by atoms with Gasteiger partial charge in [-0.25, -0.2) is 4.79 Å². The van der Waals surface area contributed by atoms with Crippen LogP contribution in [0.1, 0.15) is 46.1 Å². The van der Waals surface area contributed by atoms with Crippen molar-refractivity contribution in [3.63, 3.8) is 0 Å². The highest BCUT2D eigenvalue weighted by Gasteiger charge is 2.38. The summed E-state index contributed by atoms with van der Waals surface area (Å²) < 4.78 is 0. The highest BCUT2D eigenvalue weighted by Crippen LogP contribution is 2.28. The maximum Gasteiger partial charge on any atom is 0.319 e. The first kappa shape index (κ1) is 15.8. The van der Waals surface area contributed by atoms with E-state index in [0.29, 0.717) is 0 Å². The molecule has 4 nitrogen and oxygen atoms in total. The number of benzene rings is 1. The minimum atomic E-state index is -0.122. The predicted octanol–water partition coefficient (Wildman–Crippen LogP) is 3.43. The molecule has 0 bridgehead atoms. The number of aryl methyl sites for hydroxylation is 1. The number of hydrogen-bond donors (Lipinski definition) is 3. The van der Waals surface area contributed by atoms with Crippen molar-refractivity contribution in [2.24, 2.45) is 0 Å². The number of carbonyl (C=O) groups excluding carboxylic acids is 1. The van der Waals surface area contributed by atoms with E-state index in [1.165, 1.54) is 0 Å². The summed E-state index contributed by atoms with van der Waals surface area (Å²) in [4.78, 5) is 12.2. The molecule has 0 unspecified atom stereocenters. The van der Waals surface area contributed by atoms with E-state index in [-0.39, 0.29) is 23.2 Å². The van der Waals surface area contributed by atoms with E-state index < -0.39 is 0 Å². The molecule has 1 fully saturated rings. The standard InChI is InChI=1S/C17H27N3O/c1-12-8-6-7-9-14(12)19-15(21)18-13-10-16(2,3)20-17(4,5)11-13/h6-9,13,20H,10-11H2,1-5H3,(H2,18,19,21). The summed E-state index contributed by atoms with van der Waals surface area (Å²) in [5.41, 5.74) is 1.99. The van der Waals surface area contributed by atoms with Gasteiger partial charge in [-0.1, -0.05) is 18.2 Å². The van der Waals surface area contributed by atoms with E-state index in [4.69, 9.17) is 0 Å². The van der Waals surface area contributed by atoms with Crippen LogP contribution in [0.25, 0.3) is 0 Å². The molecular formula is C17H27N3O. The lowest BCUT2D eigenvalue weighted by Gasteiger charge is -2.46. The first-order valence-electron chi connectivity index (χ1n) is 7.59. The van der Waals surface area contributed by atoms with Gasteiger partial charge in [0.15, 0.2) is 0 Å². The SMILES string of the molecule is Cc1ccccc1NC(=O)NC1CC(C)(C)NC(C)(C)C1. The van der Waals surface area contributed by atoms with E-state index in [0.717, 1.165) is 24.1 Å². The molecular weight excluding hydrogens is 262 g/mol. The van der Waals surface area contributed by atoms with Crippen LogP contribution in [0.2, 0.25) is 0 Å². The minimum absolute atomic E-state index is 0.0301. The molecule has 1 aliphatic heterocycles. The third kappa shape index (κ3) is 4.46. The zero-order chi connectivity index (χ0) is 15.7. The molecule has 116 valence electrons. The molecule has 4 heteroatoms. The molecule has 3 N–H and O–H groups in total. The second kappa shape index (κ2) is 5.68. The van der Waals surface area contributed by atoms with Crippen molar-refractivity contribution in [3.05, 3.63) is 29.8 Å². The second-order valence-corrected chi connectivity index (χ2v) is 7.41. The van der Waals surface area contributed by atoms with Gasteiger partial charge in [0.25, 0.3) is 0 Å². The van der Waals surface area contributed by atoms with Crippen LogP contribution < -0.4 is 16.0 Å². The Hall–Kier alpha value is -1.55. The van der Waals surface area contributed by atoms with Crippen LogP contribution in [-0.4, -0.2) is 23.2 Å². The summed E-state index contributed by atoms with van der Waals surface area (Å²) >= 11 is 0. The topological polar surface area (TPSA) is 53.2 Å². The molecule has 0 saturated carbocycles. The Morgan fingerprint density at radius 1 is 1.14 bits per heavy atom. The first-order valence-corrected chi connectivity index (χ1v) is 7.59. The predicted molar refractivity (Wildman–Crippen MR) is 87.6 cm³/mol. The average molecular weight is 289 g/mol. The molecule has 0 spiro atoms. The number of hydrogen-bond acceptors (Lipinski definition) is 2. The lowest BCUT2D eigenvalue weighted by atomic mass is 9.80. The summed E-state index contributed by atoms with van der Waals surface area (Å²) in [6.07, 6.45) is 1.86. The molecule has 0 aliphatic carbocycles. The number of amides is 2. The lowest BCUT2D eigenvalue weighted by molar-refractivity contribution is 0.149. The van der Waals surface area contributed by atoms with Gasteiger partial charge in [-0.05, 0) is 59.1 Å². The zero-order valence-electron chi connectivity index (χ0n) is 13.7. The molecule has 1 aromatic carbocycles. The molecule has 21 heavy (non-hydrogen) atoms. The smallest absolute Gasteiger partial charge is 0.319 e. The summed E-state index contributed by atoms with van der Waals surface area (Å²) in [6, 6.07) is 7.87. The van der Waals surface area contributed by atoms with Crippen molar-refractivity contribution in [1.82, 2.24) is 10.6 Å². The van der Waals surface area contributed by atoms with Crippen LogP contribution in [0.4, 0.5) is 10.5 Å². The largest absolute Gasteiger partial charge is 0.335 e.